The molecule has 0 unspecified atom stereocenters. The maximum absolute atomic E-state index is 4.77. The second-order valence-electron chi connectivity index (χ2n) is 5.47. The maximum Gasteiger partial charge on any atom is 0.257 e. The van der Waals surface area contributed by atoms with Gasteiger partial charge in [-0.25, -0.2) is 0 Å². The Labute approximate surface area is 139 Å². The number of aromatic nitrogens is 4. The molecule has 0 bridgehead atoms. The monoisotopic (exact) mass is 315 g/mol. The minimum Gasteiger partial charge on any atom is -0.322 e. The molecule has 0 amide bonds. The lowest BCUT2D eigenvalue weighted by Gasteiger charge is -2.24. The van der Waals surface area contributed by atoms with Gasteiger partial charge in [-0.15, -0.1) is 10.2 Å². The molecule has 0 radical (unpaired) electrons. The Morgan fingerprint density at radius 1 is 1.04 bits per heavy atom. The van der Waals surface area contributed by atoms with Crippen molar-refractivity contribution in [2.45, 2.75) is 6.92 Å². The van der Waals surface area contributed by atoms with Crippen molar-refractivity contribution >= 4 is 28.2 Å². The summed E-state index contributed by atoms with van der Waals surface area (Å²) in [6.07, 6.45) is 5.87. The van der Waals surface area contributed by atoms with Gasteiger partial charge in [-0.3, -0.25) is 4.40 Å². The molecule has 0 aliphatic rings. The van der Waals surface area contributed by atoms with Crippen LogP contribution in [0, 0.1) is 0 Å². The molecule has 118 valence electrons. The number of fused-ring (bicyclic) bond motifs is 3. The van der Waals surface area contributed by atoms with Crippen LogP contribution in [0.4, 0.5) is 11.5 Å². The van der Waals surface area contributed by atoms with Gasteiger partial charge in [-0.1, -0.05) is 42.5 Å². The van der Waals surface area contributed by atoms with E-state index in [4.69, 9.17) is 4.98 Å². The Morgan fingerprint density at radius 3 is 2.67 bits per heavy atom. The van der Waals surface area contributed by atoms with E-state index in [0.717, 1.165) is 29.0 Å². The fourth-order valence-corrected chi connectivity index (χ4v) is 2.84. The van der Waals surface area contributed by atoms with Crippen molar-refractivity contribution in [2.24, 2.45) is 0 Å². The summed E-state index contributed by atoms with van der Waals surface area (Å²) in [5, 5.41) is 9.22. The van der Waals surface area contributed by atoms with E-state index in [1.54, 1.807) is 6.33 Å². The van der Waals surface area contributed by atoms with Gasteiger partial charge >= 0.3 is 0 Å². The second-order valence-corrected chi connectivity index (χ2v) is 5.47. The van der Waals surface area contributed by atoms with E-state index in [-0.39, 0.29) is 0 Å². The minimum atomic E-state index is 0.602. The Hall–Kier alpha value is -3.21. The van der Waals surface area contributed by atoms with Crippen molar-refractivity contribution in [1.29, 1.82) is 0 Å². The summed E-state index contributed by atoms with van der Waals surface area (Å²) >= 11 is 0. The van der Waals surface area contributed by atoms with Gasteiger partial charge < -0.3 is 4.90 Å². The smallest absolute Gasteiger partial charge is 0.257 e. The van der Waals surface area contributed by atoms with Gasteiger partial charge in [0.1, 0.15) is 12.1 Å². The van der Waals surface area contributed by atoms with Gasteiger partial charge in [0.05, 0.1) is 5.52 Å². The zero-order valence-corrected chi connectivity index (χ0v) is 13.4. The molecule has 4 rings (SSSR count). The predicted octanol–water partition coefficient (Wildman–Crippen LogP) is 3.99. The largest absolute Gasteiger partial charge is 0.322 e. The Bertz CT molecular complexity index is 1000. The zero-order chi connectivity index (χ0) is 16.4. The van der Waals surface area contributed by atoms with E-state index in [1.165, 1.54) is 0 Å². The van der Waals surface area contributed by atoms with Crippen molar-refractivity contribution < 1.29 is 0 Å². The molecule has 2 aromatic carbocycles. The SMILES string of the molecule is C/C=C/CN(c1ccccc1)c1nc2nncn2c2ccccc12. The van der Waals surface area contributed by atoms with E-state index in [0.29, 0.717) is 5.78 Å². The quantitative estimate of drug-likeness (QED) is 0.534. The fraction of sp³-hybridized carbons (Fsp3) is 0.105. The van der Waals surface area contributed by atoms with Crippen LogP contribution in [0.2, 0.25) is 0 Å². The van der Waals surface area contributed by atoms with Gasteiger partial charge in [0.15, 0.2) is 0 Å². The summed E-state index contributed by atoms with van der Waals surface area (Å²) in [6.45, 7) is 2.76. The molecule has 5 nitrogen and oxygen atoms in total. The number of hydrogen-bond acceptors (Lipinski definition) is 4. The van der Waals surface area contributed by atoms with E-state index >= 15 is 0 Å². The number of benzene rings is 2. The van der Waals surface area contributed by atoms with Crippen LogP contribution < -0.4 is 4.90 Å². The highest BCUT2D eigenvalue weighted by Crippen LogP contribution is 2.30. The molecule has 0 spiro atoms. The van der Waals surface area contributed by atoms with E-state index in [9.17, 15) is 0 Å². The molecule has 2 heterocycles. The number of hydrogen-bond donors (Lipinski definition) is 0. The van der Waals surface area contributed by atoms with Crippen LogP contribution in [-0.4, -0.2) is 26.1 Å². The third kappa shape index (κ3) is 2.40. The topological polar surface area (TPSA) is 46.3 Å². The van der Waals surface area contributed by atoms with Crippen LogP contribution in [0.1, 0.15) is 6.92 Å². The van der Waals surface area contributed by atoms with Crippen LogP contribution in [0.5, 0.6) is 0 Å². The first kappa shape index (κ1) is 14.4. The zero-order valence-electron chi connectivity index (χ0n) is 13.4. The van der Waals surface area contributed by atoms with Crippen molar-refractivity contribution in [3.05, 3.63) is 73.1 Å². The summed E-state index contributed by atoms with van der Waals surface area (Å²) < 4.78 is 1.91. The molecular formula is C19H17N5. The van der Waals surface area contributed by atoms with E-state index < -0.39 is 0 Å². The van der Waals surface area contributed by atoms with Gasteiger partial charge in [-0.2, -0.15) is 4.98 Å². The first-order valence-electron chi connectivity index (χ1n) is 7.90. The molecule has 0 saturated heterocycles. The summed E-state index contributed by atoms with van der Waals surface area (Å²) in [6, 6.07) is 18.5. The number of anilines is 2. The van der Waals surface area contributed by atoms with Crippen LogP contribution in [0.25, 0.3) is 16.7 Å². The Kier molecular flexibility index (Phi) is 3.67. The maximum atomic E-state index is 4.77. The van der Waals surface area contributed by atoms with Crippen molar-refractivity contribution in [3.8, 4) is 0 Å². The molecule has 0 fully saturated rings. The molecule has 0 aliphatic carbocycles. The highest BCUT2D eigenvalue weighted by Gasteiger charge is 2.16. The summed E-state index contributed by atoms with van der Waals surface area (Å²) in [7, 11) is 0. The average molecular weight is 315 g/mol. The van der Waals surface area contributed by atoms with Crippen LogP contribution in [0.15, 0.2) is 73.1 Å². The first-order valence-corrected chi connectivity index (χ1v) is 7.90. The lowest BCUT2D eigenvalue weighted by atomic mass is 10.2. The van der Waals surface area contributed by atoms with Gasteiger partial charge in [0.2, 0.25) is 0 Å². The molecule has 0 saturated carbocycles. The average Bonchev–Trinajstić information content (AvgIpc) is 3.12. The molecule has 5 heteroatoms. The van der Waals surface area contributed by atoms with Crippen molar-refractivity contribution in [1.82, 2.24) is 19.6 Å². The fourth-order valence-electron chi connectivity index (χ4n) is 2.84. The Balaban J connectivity index is 1.99. The minimum absolute atomic E-state index is 0.602. The molecular weight excluding hydrogens is 298 g/mol. The molecule has 24 heavy (non-hydrogen) atoms. The normalized spacial score (nSPS) is 11.5. The summed E-state index contributed by atoms with van der Waals surface area (Å²) in [5.74, 6) is 1.49. The van der Waals surface area contributed by atoms with Crippen LogP contribution in [-0.2, 0) is 0 Å². The van der Waals surface area contributed by atoms with E-state index in [2.05, 4.69) is 45.4 Å². The highest BCUT2D eigenvalue weighted by molar-refractivity contribution is 5.93. The Morgan fingerprint density at radius 2 is 1.83 bits per heavy atom. The number of allylic oxidation sites excluding steroid dienone is 1. The first-order chi connectivity index (χ1) is 11.9. The third-order valence-corrected chi connectivity index (χ3v) is 3.99. The predicted molar refractivity (Wildman–Crippen MR) is 96.6 cm³/mol. The number of para-hydroxylation sites is 2. The standard InChI is InChI=1S/C19H17N5/c1-2-3-13-23(15-9-5-4-6-10-15)18-16-11-7-8-12-17(16)24-14-20-22-19(24)21-18/h2-12,14H,13H2,1H3/b3-2+. The van der Waals surface area contributed by atoms with E-state index in [1.807, 2.05) is 47.7 Å². The molecule has 2 aromatic heterocycles. The van der Waals surface area contributed by atoms with Crippen molar-refractivity contribution in [2.75, 3.05) is 11.4 Å². The molecule has 0 N–H and O–H groups in total. The van der Waals surface area contributed by atoms with Crippen LogP contribution >= 0.6 is 0 Å². The van der Waals surface area contributed by atoms with Gasteiger partial charge in [0.25, 0.3) is 5.78 Å². The van der Waals surface area contributed by atoms with Crippen molar-refractivity contribution in [3.63, 3.8) is 0 Å². The highest BCUT2D eigenvalue weighted by atomic mass is 15.3. The number of nitrogens with zero attached hydrogens (tertiary/aromatic N) is 5. The second kappa shape index (κ2) is 6.12. The lowest BCUT2D eigenvalue weighted by molar-refractivity contribution is 1.04. The molecule has 0 atom stereocenters. The molecule has 0 aliphatic heterocycles. The van der Waals surface area contributed by atoms with Gasteiger partial charge in [-0.05, 0) is 31.2 Å². The summed E-state index contributed by atoms with van der Waals surface area (Å²) in [5.41, 5.74) is 2.14. The van der Waals surface area contributed by atoms with Crippen LogP contribution in [0.3, 0.4) is 0 Å². The number of rotatable bonds is 4. The molecule has 4 aromatic rings. The summed E-state index contributed by atoms with van der Waals surface area (Å²) in [4.78, 5) is 6.97. The van der Waals surface area contributed by atoms with Gasteiger partial charge in [0, 0.05) is 17.6 Å². The third-order valence-electron chi connectivity index (χ3n) is 3.99. The lowest BCUT2D eigenvalue weighted by Crippen LogP contribution is -2.19.